The predicted octanol–water partition coefficient (Wildman–Crippen LogP) is 0.237. The van der Waals surface area contributed by atoms with E-state index >= 15 is 0 Å². The van der Waals surface area contributed by atoms with Gasteiger partial charge in [0.25, 0.3) is 0 Å². The van der Waals surface area contributed by atoms with Gasteiger partial charge in [0.05, 0.1) is 12.3 Å². The van der Waals surface area contributed by atoms with E-state index in [1.54, 1.807) is 0 Å². The Morgan fingerprint density at radius 3 is 3.24 bits per heavy atom. The molecule has 0 spiro atoms. The van der Waals surface area contributed by atoms with E-state index in [2.05, 4.69) is 11.0 Å². The third-order valence-electron chi connectivity index (χ3n) is 2.55. The predicted molar refractivity (Wildman–Crippen MR) is 66.9 cm³/mol. The van der Waals surface area contributed by atoms with E-state index in [1.165, 1.54) is 4.68 Å². The average Bonchev–Trinajstić information content (AvgIpc) is 2.80. The Labute approximate surface area is 105 Å². The van der Waals surface area contributed by atoms with Crippen LogP contribution >= 0.6 is 12.2 Å². The van der Waals surface area contributed by atoms with Crippen molar-refractivity contribution < 1.29 is 9.47 Å². The number of rotatable bonds is 3. The van der Waals surface area contributed by atoms with Gasteiger partial charge < -0.3 is 15.2 Å². The molecule has 2 N–H and O–H groups in total. The van der Waals surface area contributed by atoms with Crippen LogP contribution in [0.2, 0.25) is 0 Å². The normalized spacial score (nSPS) is 17.3. The Bertz CT molecular complexity index is 490. The van der Waals surface area contributed by atoms with Crippen LogP contribution in [0.3, 0.4) is 0 Å². The fourth-order valence-corrected chi connectivity index (χ4v) is 1.94. The maximum atomic E-state index is 5.71. The Morgan fingerprint density at radius 2 is 2.59 bits per heavy atom. The molecule has 0 bridgehead atoms. The molecule has 1 aliphatic heterocycles. The number of fused-ring (bicyclic) bond motifs is 1. The average molecular weight is 251 g/mol. The lowest BCUT2D eigenvalue weighted by Gasteiger charge is -2.11. The van der Waals surface area contributed by atoms with Gasteiger partial charge in [-0.1, -0.05) is 5.92 Å². The van der Waals surface area contributed by atoms with Crippen molar-refractivity contribution in [1.29, 1.82) is 0 Å². The lowest BCUT2D eigenvalue weighted by Crippen LogP contribution is -2.25. The highest BCUT2D eigenvalue weighted by Gasteiger charge is 2.30. The maximum Gasteiger partial charge on any atom is 0.222 e. The zero-order valence-corrected chi connectivity index (χ0v) is 10.3. The van der Waals surface area contributed by atoms with Crippen molar-refractivity contribution in [1.82, 2.24) is 9.78 Å². The SMILES string of the molecule is C#CCOC[C@H]1Cc2c(C)nn(C(N)=S)c2O1. The molecule has 90 valence electrons. The Morgan fingerprint density at radius 1 is 1.82 bits per heavy atom. The number of hydrogen-bond donors (Lipinski definition) is 1. The van der Waals surface area contributed by atoms with Crippen LogP contribution in [0.5, 0.6) is 5.88 Å². The van der Waals surface area contributed by atoms with Crippen LogP contribution in [0.25, 0.3) is 0 Å². The summed E-state index contributed by atoms with van der Waals surface area (Å²) >= 11 is 4.90. The summed E-state index contributed by atoms with van der Waals surface area (Å²) in [5.74, 6) is 3.04. The summed E-state index contributed by atoms with van der Waals surface area (Å²) in [6.45, 7) is 2.65. The van der Waals surface area contributed by atoms with Gasteiger partial charge in [-0.05, 0) is 19.1 Å². The van der Waals surface area contributed by atoms with Crippen LogP contribution in [0, 0.1) is 19.3 Å². The molecule has 1 aromatic rings. The Kier molecular flexibility index (Phi) is 3.31. The largest absolute Gasteiger partial charge is 0.471 e. The quantitative estimate of drug-likeness (QED) is 0.473. The highest BCUT2D eigenvalue weighted by molar-refractivity contribution is 7.80. The number of ether oxygens (including phenoxy) is 2. The second kappa shape index (κ2) is 4.73. The van der Waals surface area contributed by atoms with Gasteiger partial charge in [-0.2, -0.15) is 9.78 Å². The van der Waals surface area contributed by atoms with Gasteiger partial charge in [0.2, 0.25) is 5.88 Å². The van der Waals surface area contributed by atoms with Crippen molar-refractivity contribution in [2.45, 2.75) is 19.4 Å². The van der Waals surface area contributed by atoms with Gasteiger partial charge in [-0.15, -0.1) is 6.42 Å². The van der Waals surface area contributed by atoms with Crippen molar-refractivity contribution in [3.63, 3.8) is 0 Å². The Balaban J connectivity index is 2.09. The number of hydrogen-bond acceptors (Lipinski definition) is 4. The van der Waals surface area contributed by atoms with Gasteiger partial charge in [-0.25, -0.2) is 0 Å². The summed E-state index contributed by atoms with van der Waals surface area (Å²) in [6.07, 6.45) is 5.80. The van der Waals surface area contributed by atoms with Crippen molar-refractivity contribution in [2.24, 2.45) is 5.73 Å². The molecule has 2 heterocycles. The number of nitrogens with zero attached hydrogens (tertiary/aromatic N) is 2. The first-order valence-corrected chi connectivity index (χ1v) is 5.60. The van der Waals surface area contributed by atoms with Crippen LogP contribution in [0.1, 0.15) is 11.3 Å². The lowest BCUT2D eigenvalue weighted by molar-refractivity contribution is 0.0750. The topological polar surface area (TPSA) is 62.3 Å². The molecule has 2 rings (SSSR count). The van der Waals surface area contributed by atoms with E-state index < -0.39 is 0 Å². The molecule has 5 nitrogen and oxygen atoms in total. The number of aryl methyl sites for hydroxylation is 1. The molecule has 0 aliphatic carbocycles. The van der Waals surface area contributed by atoms with Crippen molar-refractivity contribution in [3.05, 3.63) is 11.3 Å². The lowest BCUT2D eigenvalue weighted by atomic mass is 10.1. The third kappa shape index (κ3) is 2.25. The fourth-order valence-electron chi connectivity index (χ4n) is 1.81. The summed E-state index contributed by atoms with van der Waals surface area (Å²) in [7, 11) is 0. The van der Waals surface area contributed by atoms with Crippen molar-refractivity contribution in [3.8, 4) is 18.2 Å². The number of thiocarbonyl (C=S) groups is 1. The Hall–Kier alpha value is -1.58. The minimum atomic E-state index is -0.0457. The molecule has 1 aliphatic rings. The summed E-state index contributed by atoms with van der Waals surface area (Å²) in [6, 6.07) is 0. The monoisotopic (exact) mass is 251 g/mol. The zero-order chi connectivity index (χ0) is 12.4. The van der Waals surface area contributed by atoms with E-state index in [9.17, 15) is 0 Å². The highest BCUT2D eigenvalue weighted by atomic mass is 32.1. The molecule has 1 atom stereocenters. The first kappa shape index (κ1) is 11.9. The van der Waals surface area contributed by atoms with Crippen LogP contribution in [-0.4, -0.2) is 34.2 Å². The molecule has 0 unspecified atom stereocenters. The molecule has 0 aromatic carbocycles. The second-order valence-corrected chi connectivity index (χ2v) is 4.20. The first-order chi connectivity index (χ1) is 8.13. The van der Waals surface area contributed by atoms with Crippen molar-refractivity contribution in [2.75, 3.05) is 13.2 Å². The highest BCUT2D eigenvalue weighted by Crippen LogP contribution is 2.31. The second-order valence-electron chi connectivity index (χ2n) is 3.78. The van der Waals surface area contributed by atoms with E-state index in [0.717, 1.165) is 17.7 Å². The first-order valence-electron chi connectivity index (χ1n) is 5.19. The molecular weight excluding hydrogens is 238 g/mol. The molecule has 0 fully saturated rings. The molecule has 0 radical (unpaired) electrons. The molecule has 0 saturated heterocycles. The standard InChI is InChI=1S/C11H13N3O2S/c1-3-4-15-6-8-5-9-7(2)13-14(11(12)17)10(9)16-8/h1,8H,4-6H2,2H3,(H2,12,17)/t8-/m1/s1. The summed E-state index contributed by atoms with van der Waals surface area (Å²) in [5, 5.41) is 4.40. The number of aromatic nitrogens is 2. The van der Waals surface area contributed by atoms with Gasteiger partial charge in [0.15, 0.2) is 5.11 Å². The van der Waals surface area contributed by atoms with Gasteiger partial charge >= 0.3 is 0 Å². The van der Waals surface area contributed by atoms with Gasteiger partial charge in [-0.3, -0.25) is 0 Å². The zero-order valence-electron chi connectivity index (χ0n) is 9.47. The summed E-state index contributed by atoms with van der Waals surface area (Å²) < 4.78 is 12.4. The molecule has 1 aromatic heterocycles. The summed E-state index contributed by atoms with van der Waals surface area (Å²) in [5.41, 5.74) is 7.48. The minimum absolute atomic E-state index is 0.0457. The van der Waals surface area contributed by atoms with E-state index in [1.807, 2.05) is 6.92 Å². The van der Waals surface area contributed by atoms with Crippen LogP contribution < -0.4 is 10.5 Å². The fraction of sp³-hybridized carbons (Fsp3) is 0.455. The smallest absolute Gasteiger partial charge is 0.222 e. The maximum absolute atomic E-state index is 5.71. The molecular formula is C11H13N3O2S. The van der Waals surface area contributed by atoms with Gasteiger partial charge in [0.1, 0.15) is 12.7 Å². The molecule has 0 amide bonds. The number of terminal acetylenes is 1. The minimum Gasteiger partial charge on any atom is -0.471 e. The number of nitrogens with two attached hydrogens (primary N) is 1. The van der Waals surface area contributed by atoms with E-state index in [0.29, 0.717) is 12.5 Å². The van der Waals surface area contributed by atoms with Crippen LogP contribution in [-0.2, 0) is 11.2 Å². The van der Waals surface area contributed by atoms with Crippen molar-refractivity contribution >= 4 is 17.3 Å². The molecule has 6 heteroatoms. The summed E-state index contributed by atoms with van der Waals surface area (Å²) in [4.78, 5) is 0. The van der Waals surface area contributed by atoms with Crippen LogP contribution in [0.4, 0.5) is 0 Å². The third-order valence-corrected chi connectivity index (χ3v) is 2.72. The van der Waals surface area contributed by atoms with Crippen LogP contribution in [0.15, 0.2) is 0 Å². The molecule has 0 saturated carbocycles. The molecule has 17 heavy (non-hydrogen) atoms. The van der Waals surface area contributed by atoms with E-state index in [4.69, 9.17) is 33.8 Å². The van der Waals surface area contributed by atoms with E-state index in [-0.39, 0.29) is 17.8 Å². The van der Waals surface area contributed by atoms with Gasteiger partial charge in [0, 0.05) is 12.0 Å².